The summed E-state index contributed by atoms with van der Waals surface area (Å²) in [6, 6.07) is 3.50. The highest BCUT2D eigenvalue weighted by molar-refractivity contribution is 9.10. The van der Waals surface area contributed by atoms with Crippen LogP contribution in [0.1, 0.15) is 9.67 Å². The van der Waals surface area contributed by atoms with E-state index >= 15 is 0 Å². The van der Waals surface area contributed by atoms with Crippen LogP contribution in [0.25, 0.3) is 0 Å². The van der Waals surface area contributed by atoms with E-state index in [4.69, 9.17) is 4.74 Å². The Morgan fingerprint density at radius 1 is 1.33 bits per heavy atom. The fourth-order valence-electron chi connectivity index (χ4n) is 1.03. The van der Waals surface area contributed by atoms with Gasteiger partial charge in [-0.1, -0.05) is 0 Å². The van der Waals surface area contributed by atoms with Gasteiger partial charge in [-0.3, -0.25) is 9.78 Å². The van der Waals surface area contributed by atoms with E-state index in [0.717, 1.165) is 10.8 Å². The largest absolute Gasteiger partial charge is 0.455 e. The van der Waals surface area contributed by atoms with Crippen LogP contribution in [0.4, 0.5) is 0 Å². The monoisotopic (exact) mass is 283 g/mol. The molecule has 0 atom stereocenters. The number of aldehydes is 1. The third-order valence-corrected chi connectivity index (χ3v) is 2.90. The second-order valence-electron chi connectivity index (χ2n) is 2.74. The first-order valence-corrected chi connectivity index (χ1v) is 5.77. The highest BCUT2D eigenvalue weighted by atomic mass is 79.9. The van der Waals surface area contributed by atoms with Gasteiger partial charge in [0.1, 0.15) is 11.5 Å². The number of pyridine rings is 1. The highest BCUT2D eigenvalue weighted by Gasteiger charge is 2.02. The fourth-order valence-corrected chi connectivity index (χ4v) is 1.99. The summed E-state index contributed by atoms with van der Waals surface area (Å²) < 4.78 is 6.35. The Morgan fingerprint density at radius 2 is 2.20 bits per heavy atom. The maximum absolute atomic E-state index is 10.5. The van der Waals surface area contributed by atoms with Gasteiger partial charge in [0, 0.05) is 22.1 Å². The standard InChI is InChI=1S/C10H6BrNO2S/c11-7-1-8(4-12-3-7)14-9-2-10(5-13)15-6-9/h1-6H. The maximum atomic E-state index is 10.5. The van der Waals surface area contributed by atoms with E-state index in [9.17, 15) is 4.79 Å². The zero-order valence-corrected chi connectivity index (χ0v) is 9.92. The van der Waals surface area contributed by atoms with Crippen LogP contribution in [0.2, 0.25) is 0 Å². The lowest BCUT2D eigenvalue weighted by Crippen LogP contribution is -1.83. The van der Waals surface area contributed by atoms with Gasteiger partial charge in [-0.15, -0.1) is 11.3 Å². The number of ether oxygens (including phenoxy) is 1. The number of thiophene rings is 1. The molecule has 0 fully saturated rings. The number of carbonyl (C=O) groups is 1. The van der Waals surface area contributed by atoms with Crippen LogP contribution in [-0.2, 0) is 0 Å². The molecule has 0 saturated carbocycles. The van der Waals surface area contributed by atoms with Crippen molar-refractivity contribution in [3.8, 4) is 11.5 Å². The van der Waals surface area contributed by atoms with Crippen LogP contribution in [-0.4, -0.2) is 11.3 Å². The van der Waals surface area contributed by atoms with E-state index in [-0.39, 0.29) is 0 Å². The average molecular weight is 284 g/mol. The lowest BCUT2D eigenvalue weighted by atomic mass is 10.4. The maximum Gasteiger partial charge on any atom is 0.160 e. The van der Waals surface area contributed by atoms with Gasteiger partial charge in [-0.25, -0.2) is 0 Å². The minimum absolute atomic E-state index is 0.639. The molecule has 15 heavy (non-hydrogen) atoms. The average Bonchev–Trinajstić information content (AvgIpc) is 2.65. The van der Waals surface area contributed by atoms with Gasteiger partial charge < -0.3 is 4.74 Å². The van der Waals surface area contributed by atoms with Crippen molar-refractivity contribution in [3.63, 3.8) is 0 Å². The molecule has 2 aromatic heterocycles. The van der Waals surface area contributed by atoms with Crippen molar-refractivity contribution in [1.82, 2.24) is 4.98 Å². The van der Waals surface area contributed by atoms with E-state index in [2.05, 4.69) is 20.9 Å². The fraction of sp³-hybridized carbons (Fsp3) is 0. The van der Waals surface area contributed by atoms with Gasteiger partial charge in [-0.2, -0.15) is 0 Å². The molecular weight excluding hydrogens is 278 g/mol. The van der Waals surface area contributed by atoms with Gasteiger partial charge in [0.05, 0.1) is 11.1 Å². The Hall–Kier alpha value is -1.20. The van der Waals surface area contributed by atoms with Crippen LogP contribution in [0.5, 0.6) is 11.5 Å². The first-order chi connectivity index (χ1) is 7.28. The molecule has 0 bridgehead atoms. The zero-order chi connectivity index (χ0) is 10.7. The van der Waals surface area contributed by atoms with E-state index in [1.54, 1.807) is 23.8 Å². The summed E-state index contributed by atoms with van der Waals surface area (Å²) >= 11 is 4.65. The van der Waals surface area contributed by atoms with E-state index in [1.165, 1.54) is 11.3 Å². The molecule has 0 aromatic carbocycles. The summed E-state index contributed by atoms with van der Waals surface area (Å²) in [7, 11) is 0. The summed E-state index contributed by atoms with van der Waals surface area (Å²) in [5, 5.41) is 1.78. The van der Waals surface area contributed by atoms with Crippen molar-refractivity contribution >= 4 is 33.6 Å². The first-order valence-electron chi connectivity index (χ1n) is 4.10. The predicted octanol–water partition coefficient (Wildman–Crippen LogP) is 3.51. The van der Waals surface area contributed by atoms with E-state index < -0.39 is 0 Å². The Labute approximate surface area is 98.9 Å². The lowest BCUT2D eigenvalue weighted by Gasteiger charge is -2.01. The summed E-state index contributed by atoms with van der Waals surface area (Å²) in [4.78, 5) is 15.1. The predicted molar refractivity (Wildman–Crippen MR) is 61.7 cm³/mol. The molecule has 0 N–H and O–H groups in total. The number of rotatable bonds is 3. The van der Waals surface area contributed by atoms with Gasteiger partial charge in [-0.05, 0) is 22.0 Å². The molecule has 0 spiro atoms. The normalized spacial score (nSPS) is 9.93. The molecule has 2 aromatic rings. The third-order valence-electron chi connectivity index (χ3n) is 1.63. The molecule has 0 radical (unpaired) electrons. The van der Waals surface area contributed by atoms with Crippen molar-refractivity contribution < 1.29 is 9.53 Å². The van der Waals surface area contributed by atoms with Crippen molar-refractivity contribution in [2.24, 2.45) is 0 Å². The van der Waals surface area contributed by atoms with Crippen molar-refractivity contribution in [1.29, 1.82) is 0 Å². The molecular formula is C10H6BrNO2S. The highest BCUT2D eigenvalue weighted by Crippen LogP contribution is 2.26. The van der Waals surface area contributed by atoms with E-state index in [0.29, 0.717) is 16.4 Å². The van der Waals surface area contributed by atoms with Crippen molar-refractivity contribution in [2.75, 3.05) is 0 Å². The second kappa shape index (κ2) is 4.55. The summed E-state index contributed by atoms with van der Waals surface area (Å²) in [6.45, 7) is 0. The first kappa shape index (κ1) is 10.3. The number of aromatic nitrogens is 1. The number of hydrogen-bond acceptors (Lipinski definition) is 4. The molecule has 0 saturated heterocycles. The zero-order valence-electron chi connectivity index (χ0n) is 7.51. The summed E-state index contributed by atoms with van der Waals surface area (Å²) in [5.74, 6) is 1.29. The van der Waals surface area contributed by atoms with Crippen LogP contribution < -0.4 is 4.74 Å². The quantitative estimate of drug-likeness (QED) is 0.810. The minimum atomic E-state index is 0.639. The van der Waals surface area contributed by atoms with E-state index in [1.807, 2.05) is 6.07 Å². The minimum Gasteiger partial charge on any atom is -0.455 e. The molecule has 0 aliphatic rings. The molecule has 3 nitrogen and oxygen atoms in total. The molecule has 0 aliphatic heterocycles. The number of halogens is 1. The van der Waals surface area contributed by atoms with Crippen LogP contribution in [0.15, 0.2) is 34.4 Å². The Morgan fingerprint density at radius 3 is 2.87 bits per heavy atom. The molecule has 76 valence electrons. The molecule has 2 heterocycles. The number of hydrogen-bond donors (Lipinski definition) is 0. The molecule has 2 rings (SSSR count). The molecule has 0 amide bonds. The van der Waals surface area contributed by atoms with Gasteiger partial charge in [0.25, 0.3) is 0 Å². The van der Waals surface area contributed by atoms with Gasteiger partial charge >= 0.3 is 0 Å². The third kappa shape index (κ3) is 2.64. The van der Waals surface area contributed by atoms with Gasteiger partial charge in [0.15, 0.2) is 6.29 Å². The van der Waals surface area contributed by atoms with Crippen molar-refractivity contribution in [2.45, 2.75) is 0 Å². The SMILES string of the molecule is O=Cc1cc(Oc2cncc(Br)c2)cs1. The Kier molecular flexibility index (Phi) is 3.13. The van der Waals surface area contributed by atoms with Crippen LogP contribution >= 0.6 is 27.3 Å². The number of carbonyl (C=O) groups excluding carboxylic acids is 1. The Balaban J connectivity index is 2.18. The topological polar surface area (TPSA) is 39.2 Å². The lowest BCUT2D eigenvalue weighted by molar-refractivity contribution is 0.112. The smallest absolute Gasteiger partial charge is 0.160 e. The molecule has 5 heteroatoms. The second-order valence-corrected chi connectivity index (χ2v) is 4.60. The summed E-state index contributed by atoms with van der Waals surface area (Å²) in [6.07, 6.45) is 4.09. The molecule has 0 unspecified atom stereocenters. The summed E-state index contributed by atoms with van der Waals surface area (Å²) in [5.41, 5.74) is 0. The van der Waals surface area contributed by atoms with Crippen LogP contribution in [0.3, 0.4) is 0 Å². The van der Waals surface area contributed by atoms with Gasteiger partial charge in [0.2, 0.25) is 0 Å². The molecule has 0 aliphatic carbocycles. The number of nitrogens with zero attached hydrogens (tertiary/aromatic N) is 1. The van der Waals surface area contributed by atoms with Crippen molar-refractivity contribution in [3.05, 3.63) is 39.3 Å². The van der Waals surface area contributed by atoms with Crippen LogP contribution in [0, 0.1) is 0 Å². The Bertz CT molecular complexity index is 484.